The molecule has 0 spiro atoms. The standard InChI is InChI=1S/C9H6BrN3O2/c10-8-2-4-13(12-8)6-1-3-11-7(5-6)9(14)15/h1-5H,(H,14,15). The number of halogens is 1. The van der Waals surface area contributed by atoms with Crippen molar-refractivity contribution in [3.8, 4) is 5.69 Å². The summed E-state index contributed by atoms with van der Waals surface area (Å²) >= 11 is 3.21. The van der Waals surface area contributed by atoms with Gasteiger partial charge in [-0.05, 0) is 34.1 Å². The van der Waals surface area contributed by atoms with Crippen molar-refractivity contribution in [1.29, 1.82) is 0 Å². The minimum Gasteiger partial charge on any atom is -0.477 e. The summed E-state index contributed by atoms with van der Waals surface area (Å²) in [6.45, 7) is 0. The Kier molecular flexibility index (Phi) is 2.51. The fourth-order valence-corrected chi connectivity index (χ4v) is 1.41. The van der Waals surface area contributed by atoms with Crippen LogP contribution in [-0.4, -0.2) is 25.8 Å². The van der Waals surface area contributed by atoms with E-state index in [1.54, 1.807) is 23.0 Å². The largest absolute Gasteiger partial charge is 0.477 e. The Labute approximate surface area is 93.5 Å². The molecule has 2 heterocycles. The predicted octanol–water partition coefficient (Wildman–Crippen LogP) is 1.73. The van der Waals surface area contributed by atoms with E-state index in [4.69, 9.17) is 5.11 Å². The molecule has 0 aliphatic rings. The molecule has 2 rings (SSSR count). The number of aromatic nitrogens is 3. The Morgan fingerprint density at radius 2 is 2.27 bits per heavy atom. The average Bonchev–Trinajstić information content (AvgIpc) is 2.65. The molecular formula is C9H6BrN3O2. The third kappa shape index (κ3) is 2.04. The van der Waals surface area contributed by atoms with E-state index >= 15 is 0 Å². The molecule has 0 unspecified atom stereocenters. The first-order valence-electron chi connectivity index (χ1n) is 4.08. The number of rotatable bonds is 2. The van der Waals surface area contributed by atoms with Crippen LogP contribution in [0.15, 0.2) is 35.2 Å². The van der Waals surface area contributed by atoms with Crippen LogP contribution in [0.1, 0.15) is 10.5 Å². The van der Waals surface area contributed by atoms with Gasteiger partial charge in [0.15, 0.2) is 0 Å². The summed E-state index contributed by atoms with van der Waals surface area (Å²) in [5.74, 6) is -1.05. The highest BCUT2D eigenvalue weighted by molar-refractivity contribution is 9.10. The number of nitrogens with zero attached hydrogens (tertiary/aromatic N) is 3. The number of carbonyl (C=O) groups is 1. The highest BCUT2D eigenvalue weighted by atomic mass is 79.9. The van der Waals surface area contributed by atoms with Crippen molar-refractivity contribution < 1.29 is 9.90 Å². The first-order valence-corrected chi connectivity index (χ1v) is 4.87. The van der Waals surface area contributed by atoms with Gasteiger partial charge < -0.3 is 5.11 Å². The van der Waals surface area contributed by atoms with Crippen molar-refractivity contribution in [2.24, 2.45) is 0 Å². The van der Waals surface area contributed by atoms with Gasteiger partial charge in [0.05, 0.1) is 5.69 Å². The van der Waals surface area contributed by atoms with E-state index in [1.807, 2.05) is 0 Å². The molecule has 0 saturated heterocycles. The molecule has 0 aromatic carbocycles. The zero-order chi connectivity index (χ0) is 10.8. The molecule has 0 fully saturated rings. The van der Waals surface area contributed by atoms with Crippen molar-refractivity contribution in [2.75, 3.05) is 0 Å². The number of carboxylic acid groups (broad SMARTS) is 1. The summed E-state index contributed by atoms with van der Waals surface area (Å²) in [6, 6.07) is 4.91. The van der Waals surface area contributed by atoms with E-state index in [1.165, 1.54) is 12.3 Å². The van der Waals surface area contributed by atoms with E-state index in [0.717, 1.165) is 0 Å². The smallest absolute Gasteiger partial charge is 0.354 e. The monoisotopic (exact) mass is 267 g/mol. The Bertz CT molecular complexity index is 510. The van der Waals surface area contributed by atoms with Gasteiger partial charge in [-0.25, -0.2) is 14.5 Å². The predicted molar refractivity (Wildman–Crippen MR) is 56.0 cm³/mol. The minimum atomic E-state index is -1.05. The van der Waals surface area contributed by atoms with Crippen LogP contribution in [0.25, 0.3) is 5.69 Å². The van der Waals surface area contributed by atoms with Gasteiger partial charge in [0, 0.05) is 12.4 Å². The Balaban J connectivity index is 2.45. The number of hydrogen-bond acceptors (Lipinski definition) is 3. The van der Waals surface area contributed by atoms with E-state index in [-0.39, 0.29) is 5.69 Å². The van der Waals surface area contributed by atoms with Gasteiger partial charge >= 0.3 is 5.97 Å². The number of aromatic carboxylic acids is 1. The third-order valence-corrected chi connectivity index (χ3v) is 2.21. The van der Waals surface area contributed by atoms with Gasteiger partial charge in [0.25, 0.3) is 0 Å². The number of pyridine rings is 1. The molecule has 2 aromatic heterocycles. The highest BCUT2D eigenvalue weighted by Crippen LogP contribution is 2.11. The first kappa shape index (κ1) is 9.85. The van der Waals surface area contributed by atoms with Crippen molar-refractivity contribution in [2.45, 2.75) is 0 Å². The molecule has 2 aromatic rings. The first-order chi connectivity index (χ1) is 7.16. The van der Waals surface area contributed by atoms with Crippen LogP contribution in [0.4, 0.5) is 0 Å². The molecule has 1 N–H and O–H groups in total. The lowest BCUT2D eigenvalue weighted by molar-refractivity contribution is 0.0690. The second-order valence-electron chi connectivity index (χ2n) is 2.79. The lowest BCUT2D eigenvalue weighted by Gasteiger charge is -2.01. The van der Waals surface area contributed by atoms with Gasteiger partial charge in [-0.15, -0.1) is 0 Å². The quantitative estimate of drug-likeness (QED) is 0.900. The summed E-state index contributed by atoms with van der Waals surface area (Å²) in [5.41, 5.74) is 0.659. The van der Waals surface area contributed by atoms with Gasteiger partial charge in [0.1, 0.15) is 10.3 Å². The summed E-state index contributed by atoms with van der Waals surface area (Å²) in [5, 5.41) is 12.9. The van der Waals surface area contributed by atoms with Crippen LogP contribution in [-0.2, 0) is 0 Å². The second-order valence-corrected chi connectivity index (χ2v) is 3.60. The maximum absolute atomic E-state index is 10.7. The molecule has 6 heteroatoms. The Hall–Kier alpha value is -1.69. The summed E-state index contributed by atoms with van der Waals surface area (Å²) in [7, 11) is 0. The molecule has 0 bridgehead atoms. The molecular weight excluding hydrogens is 262 g/mol. The van der Waals surface area contributed by atoms with Gasteiger partial charge in [-0.3, -0.25) is 0 Å². The lowest BCUT2D eigenvalue weighted by Crippen LogP contribution is -2.02. The molecule has 0 atom stereocenters. The fraction of sp³-hybridized carbons (Fsp3) is 0. The topological polar surface area (TPSA) is 68.0 Å². The molecule has 0 radical (unpaired) electrons. The second kappa shape index (κ2) is 3.82. The summed E-state index contributed by atoms with van der Waals surface area (Å²) in [4.78, 5) is 14.4. The van der Waals surface area contributed by atoms with Crippen molar-refractivity contribution in [3.05, 3.63) is 40.9 Å². The molecule has 76 valence electrons. The lowest BCUT2D eigenvalue weighted by atomic mass is 10.3. The van der Waals surface area contributed by atoms with Crippen molar-refractivity contribution in [3.63, 3.8) is 0 Å². The molecule has 5 nitrogen and oxygen atoms in total. The van der Waals surface area contributed by atoms with E-state index < -0.39 is 5.97 Å². The fourth-order valence-electron chi connectivity index (χ4n) is 1.12. The van der Waals surface area contributed by atoms with E-state index in [9.17, 15) is 4.79 Å². The Morgan fingerprint density at radius 3 is 2.87 bits per heavy atom. The molecule has 0 aliphatic carbocycles. The molecule has 15 heavy (non-hydrogen) atoms. The zero-order valence-corrected chi connectivity index (χ0v) is 9.05. The van der Waals surface area contributed by atoms with Crippen LogP contribution in [0.5, 0.6) is 0 Å². The van der Waals surface area contributed by atoms with Crippen LogP contribution >= 0.6 is 15.9 Å². The zero-order valence-electron chi connectivity index (χ0n) is 7.46. The number of carboxylic acids is 1. The molecule has 0 aliphatic heterocycles. The summed E-state index contributed by atoms with van der Waals surface area (Å²) < 4.78 is 2.26. The molecule has 0 amide bonds. The van der Waals surface area contributed by atoms with Gasteiger partial charge in [-0.1, -0.05) is 0 Å². The van der Waals surface area contributed by atoms with Crippen LogP contribution in [0.2, 0.25) is 0 Å². The van der Waals surface area contributed by atoms with Crippen molar-refractivity contribution >= 4 is 21.9 Å². The van der Waals surface area contributed by atoms with Crippen LogP contribution in [0, 0.1) is 0 Å². The van der Waals surface area contributed by atoms with Gasteiger partial charge in [0.2, 0.25) is 0 Å². The molecule has 0 saturated carbocycles. The van der Waals surface area contributed by atoms with Crippen molar-refractivity contribution in [1.82, 2.24) is 14.8 Å². The maximum atomic E-state index is 10.7. The average molecular weight is 268 g/mol. The number of hydrogen-bond donors (Lipinski definition) is 1. The van der Waals surface area contributed by atoms with E-state index in [2.05, 4.69) is 26.0 Å². The Morgan fingerprint density at radius 1 is 1.47 bits per heavy atom. The van der Waals surface area contributed by atoms with E-state index in [0.29, 0.717) is 10.3 Å². The van der Waals surface area contributed by atoms with Gasteiger partial charge in [-0.2, -0.15) is 5.10 Å². The summed E-state index contributed by atoms with van der Waals surface area (Å²) in [6.07, 6.45) is 3.17. The third-order valence-electron chi connectivity index (χ3n) is 1.78. The maximum Gasteiger partial charge on any atom is 0.354 e. The van der Waals surface area contributed by atoms with Crippen LogP contribution in [0.3, 0.4) is 0 Å². The normalized spacial score (nSPS) is 10.2. The van der Waals surface area contributed by atoms with Crippen LogP contribution < -0.4 is 0 Å². The minimum absolute atomic E-state index is 0.000813. The SMILES string of the molecule is O=C(O)c1cc(-n2ccc(Br)n2)ccn1. The highest BCUT2D eigenvalue weighted by Gasteiger charge is 2.06.